The van der Waals surface area contributed by atoms with Crippen molar-refractivity contribution in [1.29, 1.82) is 0 Å². The molecule has 180 valence electrons. The first-order valence-electron chi connectivity index (χ1n) is 13.4. The Morgan fingerprint density at radius 2 is 1.54 bits per heavy atom. The van der Waals surface area contributed by atoms with Gasteiger partial charge in [0.1, 0.15) is 0 Å². The van der Waals surface area contributed by atoms with Gasteiger partial charge in [0.2, 0.25) is 0 Å². The van der Waals surface area contributed by atoms with Gasteiger partial charge in [0.25, 0.3) is 0 Å². The fourth-order valence-electron chi connectivity index (χ4n) is 7.02. The number of nitrogens with zero attached hydrogens (tertiary/aromatic N) is 1. The lowest BCUT2D eigenvalue weighted by Crippen LogP contribution is -2.60. The van der Waals surface area contributed by atoms with Crippen molar-refractivity contribution in [2.45, 2.75) is 56.6 Å². The quantitative estimate of drug-likeness (QED) is 0.339. The van der Waals surface area contributed by atoms with Gasteiger partial charge >= 0.3 is 0 Å². The molecule has 3 atom stereocenters. The highest BCUT2D eigenvalue weighted by Gasteiger charge is 2.53. The Morgan fingerprint density at radius 1 is 0.857 bits per heavy atom. The zero-order chi connectivity index (χ0) is 23.7. The van der Waals surface area contributed by atoms with Crippen molar-refractivity contribution in [3.05, 3.63) is 107 Å². The van der Waals surface area contributed by atoms with E-state index in [1.54, 1.807) is 0 Å². The first-order valence-corrected chi connectivity index (χ1v) is 13.4. The minimum absolute atomic E-state index is 0.156. The van der Waals surface area contributed by atoms with Crippen molar-refractivity contribution in [2.24, 2.45) is 5.92 Å². The van der Waals surface area contributed by atoms with E-state index in [2.05, 4.69) is 94.8 Å². The molecule has 0 aliphatic carbocycles. The number of hydrogen-bond acceptors (Lipinski definition) is 2. The second-order valence-corrected chi connectivity index (χ2v) is 10.5. The molecule has 3 aromatic carbocycles. The zero-order valence-electron chi connectivity index (χ0n) is 20.5. The van der Waals surface area contributed by atoms with E-state index in [-0.39, 0.29) is 17.6 Å². The fourth-order valence-corrected chi connectivity index (χ4v) is 7.02. The molecule has 3 nitrogen and oxygen atoms in total. The molecule has 3 heteroatoms. The number of H-pyrrole nitrogens is 1. The molecule has 0 spiro atoms. The second-order valence-electron chi connectivity index (χ2n) is 10.5. The molecular weight excluding hydrogens is 428 g/mol. The van der Waals surface area contributed by atoms with Gasteiger partial charge in [-0.2, -0.15) is 0 Å². The highest BCUT2D eigenvalue weighted by atomic mass is 16.3. The largest absolute Gasteiger partial charge is 0.393 e. The molecule has 1 fully saturated rings. The molecule has 2 aliphatic heterocycles. The van der Waals surface area contributed by atoms with Crippen LogP contribution in [0.3, 0.4) is 0 Å². The number of aryl methyl sites for hydroxylation is 2. The van der Waals surface area contributed by atoms with Gasteiger partial charge in [0.15, 0.2) is 0 Å². The van der Waals surface area contributed by atoms with Gasteiger partial charge in [-0.05, 0) is 74.2 Å². The maximum Gasteiger partial charge on any atom is 0.0671 e. The van der Waals surface area contributed by atoms with Crippen LogP contribution in [0.4, 0.5) is 0 Å². The minimum atomic E-state index is -0.328. The summed E-state index contributed by atoms with van der Waals surface area (Å²) in [6, 6.07) is 30.3. The summed E-state index contributed by atoms with van der Waals surface area (Å²) >= 11 is 0. The van der Waals surface area contributed by atoms with E-state index in [1.807, 2.05) is 0 Å². The Labute approximate surface area is 208 Å². The number of aromatic nitrogens is 1. The van der Waals surface area contributed by atoms with Crippen molar-refractivity contribution in [3.63, 3.8) is 0 Å². The van der Waals surface area contributed by atoms with Crippen LogP contribution < -0.4 is 0 Å². The molecule has 0 radical (unpaired) electrons. The number of aliphatic hydroxyl groups is 1. The number of aromatic amines is 1. The van der Waals surface area contributed by atoms with E-state index in [4.69, 9.17) is 0 Å². The van der Waals surface area contributed by atoms with E-state index in [1.165, 1.54) is 33.3 Å². The lowest BCUT2D eigenvalue weighted by molar-refractivity contribution is -0.0824. The molecule has 4 aromatic rings. The number of rotatable bonds is 7. The summed E-state index contributed by atoms with van der Waals surface area (Å²) in [4.78, 5) is 6.63. The highest BCUT2D eigenvalue weighted by molar-refractivity contribution is 5.85. The van der Waals surface area contributed by atoms with E-state index in [9.17, 15) is 5.11 Å². The number of aliphatic hydroxyl groups excluding tert-OH is 1. The summed E-state index contributed by atoms with van der Waals surface area (Å²) in [6.07, 6.45) is 6.78. The second kappa shape index (κ2) is 9.64. The van der Waals surface area contributed by atoms with E-state index >= 15 is 0 Å². The topological polar surface area (TPSA) is 39.3 Å². The molecule has 0 bridgehead atoms. The maximum atomic E-state index is 11.8. The number of piperidine rings is 1. The Balaban J connectivity index is 1.40. The van der Waals surface area contributed by atoms with Crippen LogP contribution in [0, 0.1) is 5.92 Å². The van der Waals surface area contributed by atoms with Crippen LogP contribution >= 0.6 is 0 Å². The van der Waals surface area contributed by atoms with Gasteiger partial charge in [-0.25, -0.2) is 0 Å². The van der Waals surface area contributed by atoms with Crippen LogP contribution in [0.25, 0.3) is 10.9 Å². The van der Waals surface area contributed by atoms with E-state index < -0.39 is 0 Å². The molecule has 2 aliphatic rings. The summed E-state index contributed by atoms with van der Waals surface area (Å²) in [5, 5.41) is 13.2. The van der Waals surface area contributed by atoms with Crippen LogP contribution in [0.1, 0.15) is 48.1 Å². The molecule has 1 aromatic heterocycles. The molecule has 1 saturated heterocycles. The van der Waals surface area contributed by atoms with Gasteiger partial charge < -0.3 is 10.1 Å². The molecule has 2 N–H and O–H groups in total. The normalized spacial score (nSPS) is 23.1. The Bertz CT molecular complexity index is 1260. The summed E-state index contributed by atoms with van der Waals surface area (Å²) in [7, 11) is 0. The number of benzene rings is 3. The van der Waals surface area contributed by atoms with Gasteiger partial charge in [-0.15, -0.1) is 0 Å². The first-order chi connectivity index (χ1) is 17.3. The van der Waals surface area contributed by atoms with Gasteiger partial charge in [-0.3, -0.25) is 4.90 Å². The maximum absolute atomic E-state index is 11.8. The standard InChI is InChI=1S/C32H36N2O/c35-30(18-17-24-10-3-1-4-11-24)28-15-9-22-34-23-20-27-26-14-7-8-16-29(26)33-31(27)32(28,34)21-19-25-12-5-2-6-13-25/h1-8,10-14,16,28,30,33,35H,9,15,17-23H2/t28-,30?,32+/m0/s1. The van der Waals surface area contributed by atoms with Crippen LogP contribution in [-0.4, -0.2) is 34.2 Å². The molecule has 35 heavy (non-hydrogen) atoms. The number of para-hydroxylation sites is 1. The Hall–Kier alpha value is -2.88. The lowest BCUT2D eigenvalue weighted by Gasteiger charge is -2.56. The predicted molar refractivity (Wildman–Crippen MR) is 144 cm³/mol. The van der Waals surface area contributed by atoms with Crippen LogP contribution in [-0.2, 0) is 24.8 Å². The fraction of sp³-hybridized carbons (Fsp3) is 0.375. The van der Waals surface area contributed by atoms with Crippen molar-refractivity contribution in [1.82, 2.24) is 9.88 Å². The van der Waals surface area contributed by atoms with Crippen LogP contribution in [0.2, 0.25) is 0 Å². The average Bonchev–Trinajstić information content (AvgIpc) is 3.31. The Morgan fingerprint density at radius 3 is 2.31 bits per heavy atom. The highest BCUT2D eigenvalue weighted by Crippen LogP contribution is 2.51. The molecule has 0 amide bonds. The molecular formula is C32H36N2O. The first kappa shape index (κ1) is 22.6. The number of nitrogens with one attached hydrogen (secondary N) is 1. The smallest absolute Gasteiger partial charge is 0.0671 e. The van der Waals surface area contributed by atoms with Crippen LogP contribution in [0.5, 0.6) is 0 Å². The zero-order valence-corrected chi connectivity index (χ0v) is 20.5. The van der Waals surface area contributed by atoms with E-state index in [0.717, 1.165) is 58.0 Å². The summed E-state index contributed by atoms with van der Waals surface area (Å²) in [5.74, 6) is 0.218. The van der Waals surface area contributed by atoms with Crippen molar-refractivity contribution >= 4 is 10.9 Å². The number of fused-ring (bicyclic) bond motifs is 5. The average molecular weight is 465 g/mol. The van der Waals surface area contributed by atoms with Gasteiger partial charge in [0.05, 0.1) is 11.6 Å². The SMILES string of the molecule is OC(CCc1ccccc1)[C@@H]1CCCN2CCc3c([nH]c4ccccc34)[C@@]12CCc1ccccc1. The minimum Gasteiger partial charge on any atom is -0.393 e. The van der Waals surface area contributed by atoms with Crippen molar-refractivity contribution in [2.75, 3.05) is 13.1 Å². The molecule has 3 heterocycles. The monoisotopic (exact) mass is 464 g/mol. The van der Waals surface area contributed by atoms with Crippen LogP contribution in [0.15, 0.2) is 84.9 Å². The third-order valence-corrected chi connectivity index (χ3v) is 8.67. The van der Waals surface area contributed by atoms with Crippen molar-refractivity contribution < 1.29 is 5.11 Å². The summed E-state index contributed by atoms with van der Waals surface area (Å²) in [5.41, 5.74) is 6.63. The summed E-state index contributed by atoms with van der Waals surface area (Å²) in [6.45, 7) is 2.19. The predicted octanol–water partition coefficient (Wildman–Crippen LogP) is 6.26. The van der Waals surface area contributed by atoms with E-state index in [0.29, 0.717) is 0 Å². The molecule has 0 saturated carbocycles. The van der Waals surface area contributed by atoms with Gasteiger partial charge in [-0.1, -0.05) is 78.9 Å². The van der Waals surface area contributed by atoms with Crippen molar-refractivity contribution in [3.8, 4) is 0 Å². The molecule has 6 rings (SSSR count). The number of hydrogen-bond donors (Lipinski definition) is 2. The third kappa shape index (κ3) is 4.11. The third-order valence-electron chi connectivity index (χ3n) is 8.67. The molecule has 1 unspecified atom stereocenters. The Kier molecular flexibility index (Phi) is 6.22. The summed E-state index contributed by atoms with van der Waals surface area (Å²) < 4.78 is 0. The van der Waals surface area contributed by atoms with Gasteiger partial charge in [0, 0.05) is 29.1 Å². The lowest BCUT2D eigenvalue weighted by atomic mass is 9.65.